The minimum absolute atomic E-state index is 0.0321. The highest BCUT2D eigenvalue weighted by Crippen LogP contribution is 2.31. The van der Waals surface area contributed by atoms with Gasteiger partial charge in [-0.05, 0) is 23.8 Å². The Morgan fingerprint density at radius 2 is 2.15 bits per heavy atom. The monoisotopic (exact) mass is 482 g/mol. The van der Waals surface area contributed by atoms with E-state index in [-0.39, 0.29) is 17.1 Å². The van der Waals surface area contributed by atoms with Gasteiger partial charge in [0.15, 0.2) is 0 Å². The molecule has 176 valence electrons. The van der Waals surface area contributed by atoms with Crippen LogP contribution in [0.15, 0.2) is 59.8 Å². The molecule has 4 heterocycles. The maximum atomic E-state index is 14.3. The van der Waals surface area contributed by atoms with Crippen LogP contribution in [0.5, 0.6) is 0 Å². The number of pyridine rings is 2. The maximum Gasteiger partial charge on any atom is 0.251 e. The molecule has 1 aliphatic heterocycles. The van der Waals surface area contributed by atoms with Crippen LogP contribution < -0.4 is 10.5 Å². The standard InChI is InChI=1S/C25H24ClFN4O3/c1-29-14-21(20-10-18(11-28-25(20)29)30-7-8-34-15-19(32)13-30)16-5-6-31(23(33)9-16)12-17-3-2-4-22(26)24(17)27/h2-6,9-11,14,19,32H,7-8,12-13,15H2,1H3. The molecule has 1 fully saturated rings. The molecule has 1 aliphatic rings. The minimum atomic E-state index is -0.564. The number of aromatic nitrogens is 3. The van der Waals surface area contributed by atoms with Gasteiger partial charge in [0.2, 0.25) is 0 Å². The Balaban J connectivity index is 1.50. The van der Waals surface area contributed by atoms with Crippen molar-refractivity contribution in [3.63, 3.8) is 0 Å². The molecule has 1 atom stereocenters. The molecule has 9 heteroatoms. The van der Waals surface area contributed by atoms with Gasteiger partial charge in [0.05, 0.1) is 42.8 Å². The lowest BCUT2D eigenvalue weighted by Crippen LogP contribution is -2.32. The normalized spacial score (nSPS) is 16.7. The van der Waals surface area contributed by atoms with Gasteiger partial charge in [-0.25, -0.2) is 9.37 Å². The van der Waals surface area contributed by atoms with Crippen LogP contribution in [0.4, 0.5) is 10.1 Å². The first-order chi connectivity index (χ1) is 16.4. The summed E-state index contributed by atoms with van der Waals surface area (Å²) in [5.41, 5.74) is 3.40. The number of halogens is 2. The average Bonchev–Trinajstić information content (AvgIpc) is 2.99. The summed E-state index contributed by atoms with van der Waals surface area (Å²) in [4.78, 5) is 19.6. The molecule has 3 aromatic heterocycles. The van der Waals surface area contributed by atoms with Crippen molar-refractivity contribution < 1.29 is 14.2 Å². The molecule has 1 saturated heterocycles. The third-order valence-electron chi connectivity index (χ3n) is 6.09. The molecule has 1 unspecified atom stereocenters. The van der Waals surface area contributed by atoms with Crippen molar-refractivity contribution in [3.8, 4) is 11.1 Å². The number of hydrogen-bond donors (Lipinski definition) is 1. The van der Waals surface area contributed by atoms with Crippen LogP contribution in [0, 0.1) is 5.82 Å². The van der Waals surface area contributed by atoms with E-state index in [1.165, 1.54) is 10.6 Å². The number of fused-ring (bicyclic) bond motifs is 1. The lowest BCUT2D eigenvalue weighted by atomic mass is 10.1. The fraction of sp³-hybridized carbons (Fsp3) is 0.280. The first-order valence-corrected chi connectivity index (χ1v) is 11.4. The zero-order valence-electron chi connectivity index (χ0n) is 18.6. The number of aliphatic hydroxyl groups excluding tert-OH is 1. The van der Waals surface area contributed by atoms with E-state index in [2.05, 4.69) is 9.88 Å². The summed E-state index contributed by atoms with van der Waals surface area (Å²) in [5.74, 6) is -0.517. The highest BCUT2D eigenvalue weighted by atomic mass is 35.5. The summed E-state index contributed by atoms with van der Waals surface area (Å²) in [6.07, 6.45) is 4.83. The summed E-state index contributed by atoms with van der Waals surface area (Å²) >= 11 is 5.87. The molecule has 0 aliphatic carbocycles. The van der Waals surface area contributed by atoms with Crippen molar-refractivity contribution >= 4 is 28.3 Å². The number of nitrogens with zero attached hydrogens (tertiary/aromatic N) is 4. The first kappa shape index (κ1) is 22.6. The van der Waals surface area contributed by atoms with Crippen LogP contribution in [0.3, 0.4) is 0 Å². The number of aryl methyl sites for hydroxylation is 1. The van der Waals surface area contributed by atoms with Crippen molar-refractivity contribution in [1.29, 1.82) is 0 Å². The summed E-state index contributed by atoms with van der Waals surface area (Å²) in [7, 11) is 1.91. The van der Waals surface area contributed by atoms with E-state index in [9.17, 15) is 14.3 Å². The Morgan fingerprint density at radius 1 is 1.29 bits per heavy atom. The van der Waals surface area contributed by atoms with E-state index in [4.69, 9.17) is 16.3 Å². The molecule has 4 aromatic rings. The van der Waals surface area contributed by atoms with E-state index in [1.54, 1.807) is 30.6 Å². The largest absolute Gasteiger partial charge is 0.389 e. The zero-order valence-corrected chi connectivity index (χ0v) is 19.4. The Bertz CT molecular complexity index is 1420. The van der Waals surface area contributed by atoms with E-state index in [0.29, 0.717) is 31.9 Å². The van der Waals surface area contributed by atoms with E-state index >= 15 is 0 Å². The smallest absolute Gasteiger partial charge is 0.251 e. The Labute approximate surface area is 200 Å². The fourth-order valence-corrected chi connectivity index (χ4v) is 4.53. The van der Waals surface area contributed by atoms with Gasteiger partial charge >= 0.3 is 0 Å². The van der Waals surface area contributed by atoms with Crippen LogP contribution in [-0.4, -0.2) is 51.6 Å². The zero-order chi connectivity index (χ0) is 23.8. The molecule has 1 N–H and O–H groups in total. The van der Waals surface area contributed by atoms with Crippen LogP contribution in [0.1, 0.15) is 5.56 Å². The van der Waals surface area contributed by atoms with Crippen LogP contribution in [0.2, 0.25) is 5.02 Å². The van der Waals surface area contributed by atoms with E-state index in [1.807, 2.05) is 29.9 Å². The van der Waals surface area contributed by atoms with Gasteiger partial charge in [-0.2, -0.15) is 0 Å². The topological polar surface area (TPSA) is 72.5 Å². The van der Waals surface area contributed by atoms with Crippen LogP contribution >= 0.6 is 11.6 Å². The van der Waals surface area contributed by atoms with Crippen molar-refractivity contribution in [3.05, 3.63) is 81.7 Å². The van der Waals surface area contributed by atoms with Gasteiger partial charge in [0.25, 0.3) is 5.56 Å². The Kier molecular flexibility index (Phi) is 6.12. The van der Waals surface area contributed by atoms with E-state index < -0.39 is 11.9 Å². The molecule has 0 radical (unpaired) electrons. The maximum absolute atomic E-state index is 14.3. The van der Waals surface area contributed by atoms with E-state index in [0.717, 1.165) is 27.8 Å². The highest BCUT2D eigenvalue weighted by molar-refractivity contribution is 6.30. The van der Waals surface area contributed by atoms with Gasteiger partial charge in [-0.15, -0.1) is 0 Å². The Hall–Kier alpha value is -3.20. The van der Waals surface area contributed by atoms with Crippen molar-refractivity contribution in [2.75, 3.05) is 31.2 Å². The molecule has 1 aromatic carbocycles. The molecule has 0 bridgehead atoms. The second-order valence-corrected chi connectivity index (χ2v) is 8.89. The average molecular weight is 483 g/mol. The van der Waals surface area contributed by atoms with Gasteiger partial charge in [-0.1, -0.05) is 23.7 Å². The highest BCUT2D eigenvalue weighted by Gasteiger charge is 2.19. The van der Waals surface area contributed by atoms with Crippen molar-refractivity contribution in [2.24, 2.45) is 7.05 Å². The van der Waals surface area contributed by atoms with Crippen LogP contribution in [0.25, 0.3) is 22.2 Å². The number of rotatable bonds is 4. The molecule has 0 saturated carbocycles. The molecule has 34 heavy (non-hydrogen) atoms. The summed E-state index contributed by atoms with van der Waals surface area (Å²) in [5, 5.41) is 11.0. The second-order valence-electron chi connectivity index (χ2n) is 8.49. The number of ether oxygens (including phenoxy) is 1. The van der Waals surface area contributed by atoms with Gasteiger partial charge < -0.3 is 23.9 Å². The van der Waals surface area contributed by atoms with Gasteiger partial charge in [-0.3, -0.25) is 4.79 Å². The van der Waals surface area contributed by atoms with Gasteiger partial charge in [0, 0.05) is 55.1 Å². The summed E-state index contributed by atoms with van der Waals surface area (Å²) in [6, 6.07) is 10.2. The third kappa shape index (κ3) is 4.32. The molecular formula is C25H24ClFN4O3. The number of anilines is 1. The first-order valence-electron chi connectivity index (χ1n) is 11.0. The van der Waals surface area contributed by atoms with Gasteiger partial charge in [0.1, 0.15) is 11.5 Å². The number of benzene rings is 1. The number of β-amino-alcohol motifs (C(OH)–C–C–N with tert-alkyl or cyclic N) is 1. The minimum Gasteiger partial charge on any atom is -0.389 e. The summed E-state index contributed by atoms with van der Waals surface area (Å²) < 4.78 is 23.1. The lowest BCUT2D eigenvalue weighted by molar-refractivity contribution is 0.0597. The summed E-state index contributed by atoms with van der Waals surface area (Å²) in [6.45, 7) is 2.06. The lowest BCUT2D eigenvalue weighted by Gasteiger charge is -2.23. The van der Waals surface area contributed by atoms with Crippen molar-refractivity contribution in [1.82, 2.24) is 14.1 Å². The molecule has 7 nitrogen and oxygen atoms in total. The Morgan fingerprint density at radius 3 is 2.97 bits per heavy atom. The predicted molar refractivity (Wildman–Crippen MR) is 130 cm³/mol. The van der Waals surface area contributed by atoms with Crippen molar-refractivity contribution in [2.45, 2.75) is 12.6 Å². The molecule has 5 rings (SSSR count). The SMILES string of the molecule is Cn1cc(-c2ccn(Cc3cccc(Cl)c3F)c(=O)c2)c2cc(N3CCOCC(O)C3)cnc21. The molecule has 0 amide bonds. The second kappa shape index (κ2) is 9.21. The quantitative estimate of drug-likeness (QED) is 0.482. The third-order valence-corrected chi connectivity index (χ3v) is 6.38. The number of hydrogen-bond acceptors (Lipinski definition) is 5. The molecular weight excluding hydrogens is 459 g/mol. The molecule has 0 spiro atoms. The predicted octanol–water partition coefficient (Wildman–Crippen LogP) is 3.44. The number of aliphatic hydroxyl groups is 1. The fourth-order valence-electron chi connectivity index (χ4n) is 4.34. The van der Waals surface area contributed by atoms with Crippen LogP contribution in [-0.2, 0) is 18.3 Å².